The molecule has 0 aliphatic carbocycles. The number of hydrogen-bond donors (Lipinski definition) is 0. The van der Waals surface area contributed by atoms with Crippen molar-refractivity contribution < 1.29 is 4.79 Å². The van der Waals surface area contributed by atoms with Gasteiger partial charge in [0.05, 0.1) is 5.92 Å². The second kappa shape index (κ2) is 4.15. The fourth-order valence-corrected chi connectivity index (χ4v) is 1.45. The molecule has 0 aromatic heterocycles. The van der Waals surface area contributed by atoms with E-state index in [4.69, 9.17) is 6.42 Å². The first kappa shape index (κ1) is 9.12. The molecule has 2 heteroatoms. The number of carbonyl (C=O) groups is 1. The minimum Gasteiger partial charge on any atom is -0.342 e. The van der Waals surface area contributed by atoms with Crippen LogP contribution in [0, 0.1) is 18.3 Å². The normalized spacial score (nSPS) is 19.8. The molecule has 1 saturated heterocycles. The van der Waals surface area contributed by atoms with Crippen LogP contribution in [0.3, 0.4) is 0 Å². The van der Waals surface area contributed by atoms with Gasteiger partial charge in [0.2, 0.25) is 5.91 Å². The van der Waals surface area contributed by atoms with Gasteiger partial charge in [0.1, 0.15) is 0 Å². The van der Waals surface area contributed by atoms with Gasteiger partial charge in [0.15, 0.2) is 0 Å². The highest BCUT2D eigenvalue weighted by Gasteiger charge is 2.20. The van der Waals surface area contributed by atoms with Crippen LogP contribution in [0.1, 0.15) is 26.2 Å². The molecular formula is C10H14NO. The smallest absolute Gasteiger partial charge is 0.237 e. The summed E-state index contributed by atoms with van der Waals surface area (Å²) >= 11 is 0. The zero-order chi connectivity index (χ0) is 8.97. The Balaban J connectivity index is 2.46. The van der Waals surface area contributed by atoms with Crippen LogP contribution in [-0.2, 0) is 4.79 Å². The Morgan fingerprint density at radius 2 is 2.00 bits per heavy atom. The van der Waals surface area contributed by atoms with E-state index in [1.165, 1.54) is 6.42 Å². The van der Waals surface area contributed by atoms with Gasteiger partial charge in [-0.2, -0.15) is 0 Å². The molecule has 1 rings (SSSR count). The van der Waals surface area contributed by atoms with E-state index in [0.29, 0.717) is 0 Å². The van der Waals surface area contributed by atoms with Gasteiger partial charge in [-0.05, 0) is 32.6 Å². The molecule has 12 heavy (non-hydrogen) atoms. The average molecular weight is 164 g/mol. The molecule has 1 unspecified atom stereocenters. The molecule has 0 N–H and O–H groups in total. The zero-order valence-electron chi connectivity index (χ0n) is 7.47. The number of amides is 1. The van der Waals surface area contributed by atoms with Crippen LogP contribution >= 0.6 is 0 Å². The number of nitrogens with zero attached hydrogens (tertiary/aromatic N) is 1. The third-order valence-electron chi connectivity index (χ3n) is 2.25. The van der Waals surface area contributed by atoms with Crippen molar-refractivity contribution in [3.05, 3.63) is 6.42 Å². The van der Waals surface area contributed by atoms with Gasteiger partial charge in [-0.15, -0.1) is 0 Å². The van der Waals surface area contributed by atoms with Crippen molar-refractivity contribution in [2.45, 2.75) is 26.2 Å². The van der Waals surface area contributed by atoms with Gasteiger partial charge in [-0.1, -0.05) is 5.92 Å². The number of rotatable bonds is 1. The summed E-state index contributed by atoms with van der Waals surface area (Å²) in [7, 11) is 0. The Labute approximate surface area is 73.9 Å². The van der Waals surface area contributed by atoms with Crippen molar-refractivity contribution in [2.75, 3.05) is 13.1 Å². The summed E-state index contributed by atoms with van der Waals surface area (Å²) in [6, 6.07) is 0. The topological polar surface area (TPSA) is 20.3 Å². The molecule has 0 bridgehead atoms. The predicted octanol–water partition coefficient (Wildman–Crippen LogP) is 1.22. The molecule has 1 atom stereocenters. The Hall–Kier alpha value is -0.970. The van der Waals surface area contributed by atoms with Gasteiger partial charge in [-0.3, -0.25) is 4.79 Å². The third-order valence-corrected chi connectivity index (χ3v) is 2.25. The standard InChI is InChI=1S/C10H14NO/c1-3-9(2)10(12)11-7-5-4-6-8-11/h9H,4-8H2,2H3. The van der Waals surface area contributed by atoms with Gasteiger partial charge < -0.3 is 4.90 Å². The monoisotopic (exact) mass is 164 g/mol. The van der Waals surface area contributed by atoms with Crippen LogP contribution in [0.4, 0.5) is 0 Å². The summed E-state index contributed by atoms with van der Waals surface area (Å²) in [5.74, 6) is 1.92. The summed E-state index contributed by atoms with van der Waals surface area (Å²) in [5, 5.41) is 0. The quantitative estimate of drug-likeness (QED) is 0.534. The molecule has 2 nitrogen and oxygen atoms in total. The lowest BCUT2D eigenvalue weighted by molar-refractivity contribution is -0.134. The van der Waals surface area contributed by atoms with Crippen molar-refractivity contribution in [1.29, 1.82) is 0 Å². The maximum absolute atomic E-state index is 11.5. The Morgan fingerprint density at radius 3 is 2.50 bits per heavy atom. The second-order valence-electron chi connectivity index (χ2n) is 3.25. The lowest BCUT2D eigenvalue weighted by Gasteiger charge is -2.27. The first-order valence-electron chi connectivity index (χ1n) is 4.46. The highest BCUT2D eigenvalue weighted by molar-refractivity contribution is 5.81. The zero-order valence-corrected chi connectivity index (χ0v) is 7.47. The summed E-state index contributed by atoms with van der Waals surface area (Å²) in [6.07, 6.45) is 10.3. The van der Waals surface area contributed by atoms with Gasteiger partial charge in [-0.25, -0.2) is 0 Å². The van der Waals surface area contributed by atoms with Crippen molar-refractivity contribution >= 4 is 5.91 Å². The first-order valence-corrected chi connectivity index (χ1v) is 4.46. The molecule has 1 heterocycles. The maximum Gasteiger partial charge on any atom is 0.237 e. The van der Waals surface area contributed by atoms with E-state index < -0.39 is 0 Å². The molecule has 1 fully saturated rings. The molecule has 0 saturated carbocycles. The largest absolute Gasteiger partial charge is 0.342 e. The highest BCUT2D eigenvalue weighted by Crippen LogP contribution is 2.11. The van der Waals surface area contributed by atoms with Gasteiger partial charge >= 0.3 is 0 Å². The summed E-state index contributed by atoms with van der Waals surface area (Å²) in [6.45, 7) is 3.46. The molecule has 0 aromatic rings. The van der Waals surface area contributed by atoms with Crippen LogP contribution in [0.15, 0.2) is 0 Å². The lowest BCUT2D eigenvalue weighted by atomic mass is 10.1. The molecule has 0 aromatic carbocycles. The predicted molar refractivity (Wildman–Crippen MR) is 46.7 cm³/mol. The van der Waals surface area contributed by atoms with Crippen molar-refractivity contribution in [3.8, 4) is 5.92 Å². The van der Waals surface area contributed by atoms with Crippen LogP contribution in [0.25, 0.3) is 0 Å². The summed E-state index contributed by atoms with van der Waals surface area (Å²) < 4.78 is 0. The van der Waals surface area contributed by atoms with E-state index in [9.17, 15) is 4.79 Å². The Morgan fingerprint density at radius 1 is 1.42 bits per heavy atom. The molecule has 1 radical (unpaired) electrons. The SMILES string of the molecule is [C]#CC(C)C(=O)N1CCCCC1. The van der Waals surface area contributed by atoms with Crippen LogP contribution in [0.2, 0.25) is 0 Å². The average Bonchev–Trinajstić information content (AvgIpc) is 2.17. The fourth-order valence-electron chi connectivity index (χ4n) is 1.45. The van der Waals surface area contributed by atoms with Gasteiger partial charge in [0.25, 0.3) is 0 Å². The third kappa shape index (κ3) is 2.01. The Kier molecular flexibility index (Phi) is 3.16. The molecule has 1 aliphatic rings. The molecular weight excluding hydrogens is 150 g/mol. The summed E-state index contributed by atoms with van der Waals surface area (Å²) in [5.41, 5.74) is 0. The van der Waals surface area contributed by atoms with Crippen LogP contribution in [-0.4, -0.2) is 23.9 Å². The van der Waals surface area contributed by atoms with Crippen LogP contribution < -0.4 is 0 Å². The fraction of sp³-hybridized carbons (Fsp3) is 0.700. The van der Waals surface area contributed by atoms with Crippen molar-refractivity contribution in [1.82, 2.24) is 4.90 Å². The molecule has 0 spiro atoms. The minimum atomic E-state index is -0.358. The number of piperidine rings is 1. The van der Waals surface area contributed by atoms with E-state index >= 15 is 0 Å². The van der Waals surface area contributed by atoms with E-state index in [1.807, 2.05) is 4.90 Å². The number of likely N-dealkylation sites (tertiary alicyclic amines) is 1. The van der Waals surface area contributed by atoms with E-state index in [1.54, 1.807) is 6.92 Å². The Bertz CT molecular complexity index is 198. The molecule has 1 aliphatic heterocycles. The summed E-state index contributed by atoms with van der Waals surface area (Å²) in [4.78, 5) is 13.3. The van der Waals surface area contributed by atoms with E-state index in [0.717, 1.165) is 25.9 Å². The maximum atomic E-state index is 11.5. The van der Waals surface area contributed by atoms with Crippen LogP contribution in [0.5, 0.6) is 0 Å². The van der Waals surface area contributed by atoms with Crippen molar-refractivity contribution in [2.24, 2.45) is 5.92 Å². The first-order chi connectivity index (χ1) is 5.75. The van der Waals surface area contributed by atoms with Crippen molar-refractivity contribution in [3.63, 3.8) is 0 Å². The van der Waals surface area contributed by atoms with E-state index in [2.05, 4.69) is 5.92 Å². The minimum absolute atomic E-state index is 0.0599. The number of hydrogen-bond acceptors (Lipinski definition) is 1. The molecule has 1 amide bonds. The lowest BCUT2D eigenvalue weighted by Crippen LogP contribution is -2.38. The van der Waals surface area contributed by atoms with Gasteiger partial charge in [0, 0.05) is 13.1 Å². The van der Waals surface area contributed by atoms with E-state index in [-0.39, 0.29) is 11.8 Å². The molecule has 65 valence electrons. The second-order valence-corrected chi connectivity index (χ2v) is 3.25. The number of carbonyl (C=O) groups excluding carboxylic acids is 1. The highest BCUT2D eigenvalue weighted by atomic mass is 16.2.